The zero-order chi connectivity index (χ0) is 19.4. The van der Waals surface area contributed by atoms with Crippen LogP contribution in [-0.4, -0.2) is 49.4 Å². The van der Waals surface area contributed by atoms with E-state index in [1.807, 2.05) is 6.07 Å². The number of ether oxygens (including phenoxy) is 2. The van der Waals surface area contributed by atoms with Crippen molar-refractivity contribution >= 4 is 31.9 Å². The average molecular weight is 456 g/mol. The monoisotopic (exact) mass is 455 g/mol. The standard InChI is InChI=1S/C17H18BrN3O5S/c18-15-2-1-8-20-17(15)26-13-7-9-21(10-13)27(23,24)14-5-3-12(4-6-14)25-11-16(19)22/h1-6,8,13H,7,9-11H2,(H2,19,22). The quantitative estimate of drug-likeness (QED) is 0.677. The fourth-order valence-corrected chi connectivity index (χ4v) is 4.47. The number of hydrogen-bond donors (Lipinski definition) is 1. The van der Waals surface area contributed by atoms with Crippen LogP contribution in [0.1, 0.15) is 6.42 Å². The van der Waals surface area contributed by atoms with E-state index in [0.29, 0.717) is 24.6 Å². The topological polar surface area (TPSA) is 112 Å². The molecule has 1 fully saturated rings. The second-order valence-electron chi connectivity index (χ2n) is 5.91. The second-order valence-corrected chi connectivity index (χ2v) is 8.70. The van der Waals surface area contributed by atoms with Gasteiger partial charge in [-0.05, 0) is 58.7 Å². The Bertz CT molecular complexity index is 920. The molecule has 144 valence electrons. The van der Waals surface area contributed by atoms with Gasteiger partial charge in [-0.3, -0.25) is 4.79 Å². The maximum absolute atomic E-state index is 12.8. The van der Waals surface area contributed by atoms with Crippen molar-refractivity contribution in [2.24, 2.45) is 5.73 Å². The van der Waals surface area contributed by atoms with E-state index in [-0.39, 0.29) is 24.2 Å². The summed E-state index contributed by atoms with van der Waals surface area (Å²) in [5, 5.41) is 0. The van der Waals surface area contributed by atoms with Gasteiger partial charge in [-0.25, -0.2) is 13.4 Å². The molecule has 8 nitrogen and oxygen atoms in total. The summed E-state index contributed by atoms with van der Waals surface area (Å²) in [6.07, 6.45) is 1.91. The van der Waals surface area contributed by atoms with Gasteiger partial charge in [0.05, 0.1) is 15.9 Å². The minimum atomic E-state index is -3.65. The van der Waals surface area contributed by atoms with Gasteiger partial charge in [0.15, 0.2) is 6.61 Å². The number of primary amides is 1. The minimum Gasteiger partial charge on any atom is -0.484 e. The fourth-order valence-electron chi connectivity index (χ4n) is 2.64. The van der Waals surface area contributed by atoms with Gasteiger partial charge >= 0.3 is 0 Å². The molecule has 1 aliphatic heterocycles. The van der Waals surface area contributed by atoms with Crippen molar-refractivity contribution in [3.63, 3.8) is 0 Å². The molecule has 1 saturated heterocycles. The molecule has 2 N–H and O–H groups in total. The molecule has 3 rings (SSSR count). The fraction of sp³-hybridized carbons (Fsp3) is 0.294. The highest BCUT2D eigenvalue weighted by molar-refractivity contribution is 9.10. The number of nitrogens with two attached hydrogens (primary N) is 1. The van der Waals surface area contributed by atoms with Crippen molar-refractivity contribution in [1.82, 2.24) is 9.29 Å². The lowest BCUT2D eigenvalue weighted by molar-refractivity contribution is -0.119. The van der Waals surface area contributed by atoms with E-state index in [2.05, 4.69) is 20.9 Å². The van der Waals surface area contributed by atoms with Gasteiger partial charge in [0.2, 0.25) is 15.9 Å². The van der Waals surface area contributed by atoms with E-state index in [1.54, 1.807) is 12.3 Å². The van der Waals surface area contributed by atoms with Crippen LogP contribution in [0.15, 0.2) is 52.0 Å². The van der Waals surface area contributed by atoms with E-state index in [9.17, 15) is 13.2 Å². The third-order valence-electron chi connectivity index (χ3n) is 3.95. The first-order valence-electron chi connectivity index (χ1n) is 8.15. The SMILES string of the molecule is NC(=O)COc1ccc(S(=O)(=O)N2CCC(Oc3ncccc3Br)C2)cc1. The van der Waals surface area contributed by atoms with Crippen LogP contribution in [0.3, 0.4) is 0 Å². The van der Waals surface area contributed by atoms with Gasteiger partial charge in [-0.2, -0.15) is 4.31 Å². The van der Waals surface area contributed by atoms with Crippen molar-refractivity contribution in [2.75, 3.05) is 19.7 Å². The molecule has 27 heavy (non-hydrogen) atoms. The molecular formula is C17H18BrN3O5S. The number of benzene rings is 1. The predicted molar refractivity (Wildman–Crippen MR) is 101 cm³/mol. The van der Waals surface area contributed by atoms with Gasteiger partial charge in [0.25, 0.3) is 5.91 Å². The largest absolute Gasteiger partial charge is 0.484 e. The molecule has 1 amide bonds. The molecule has 0 bridgehead atoms. The lowest BCUT2D eigenvalue weighted by Gasteiger charge is -2.17. The Kier molecular flexibility index (Phi) is 5.98. The summed E-state index contributed by atoms with van der Waals surface area (Å²) in [5.74, 6) is 0.211. The molecule has 0 saturated carbocycles. The molecule has 1 aliphatic rings. The second kappa shape index (κ2) is 8.24. The molecule has 0 spiro atoms. The summed E-state index contributed by atoms with van der Waals surface area (Å²) in [7, 11) is -3.65. The highest BCUT2D eigenvalue weighted by Gasteiger charge is 2.34. The number of hydrogen-bond acceptors (Lipinski definition) is 6. The maximum atomic E-state index is 12.8. The summed E-state index contributed by atoms with van der Waals surface area (Å²) in [6, 6.07) is 9.45. The maximum Gasteiger partial charge on any atom is 0.255 e. The number of halogens is 1. The van der Waals surface area contributed by atoms with E-state index in [0.717, 1.165) is 4.47 Å². The van der Waals surface area contributed by atoms with Crippen LogP contribution in [0.4, 0.5) is 0 Å². The molecule has 2 aromatic rings. The molecule has 2 heterocycles. The van der Waals surface area contributed by atoms with Gasteiger partial charge in [0, 0.05) is 12.7 Å². The zero-order valence-electron chi connectivity index (χ0n) is 14.2. The first kappa shape index (κ1) is 19.6. The smallest absolute Gasteiger partial charge is 0.255 e. The third kappa shape index (κ3) is 4.76. The Morgan fingerprint density at radius 1 is 1.30 bits per heavy atom. The number of rotatable bonds is 7. The van der Waals surface area contributed by atoms with Crippen LogP contribution in [0.5, 0.6) is 11.6 Å². The van der Waals surface area contributed by atoms with Crippen molar-refractivity contribution in [1.29, 1.82) is 0 Å². The predicted octanol–water partition coefficient (Wildman–Crippen LogP) is 1.55. The Balaban J connectivity index is 1.65. The van der Waals surface area contributed by atoms with E-state index in [1.165, 1.54) is 28.6 Å². The Morgan fingerprint density at radius 2 is 2.04 bits per heavy atom. The van der Waals surface area contributed by atoms with Crippen molar-refractivity contribution in [3.8, 4) is 11.6 Å². The number of nitrogens with zero attached hydrogens (tertiary/aromatic N) is 2. The van der Waals surface area contributed by atoms with Crippen molar-refractivity contribution in [2.45, 2.75) is 17.4 Å². The normalized spacial score (nSPS) is 17.6. The number of carbonyl (C=O) groups is 1. The van der Waals surface area contributed by atoms with Crippen LogP contribution >= 0.6 is 15.9 Å². The highest BCUT2D eigenvalue weighted by Crippen LogP contribution is 2.27. The number of aromatic nitrogens is 1. The molecule has 1 unspecified atom stereocenters. The van der Waals surface area contributed by atoms with E-state index in [4.69, 9.17) is 15.2 Å². The summed E-state index contributed by atoms with van der Waals surface area (Å²) in [6.45, 7) is 0.336. The first-order valence-corrected chi connectivity index (χ1v) is 10.4. The van der Waals surface area contributed by atoms with Crippen LogP contribution in [-0.2, 0) is 14.8 Å². The van der Waals surface area contributed by atoms with Crippen LogP contribution in [0.2, 0.25) is 0 Å². The lowest BCUT2D eigenvalue weighted by Crippen LogP contribution is -2.31. The van der Waals surface area contributed by atoms with Gasteiger partial charge in [-0.15, -0.1) is 0 Å². The van der Waals surface area contributed by atoms with Gasteiger partial charge < -0.3 is 15.2 Å². The van der Waals surface area contributed by atoms with Crippen LogP contribution in [0.25, 0.3) is 0 Å². The van der Waals surface area contributed by atoms with Gasteiger partial charge in [0.1, 0.15) is 11.9 Å². The summed E-state index contributed by atoms with van der Waals surface area (Å²) in [4.78, 5) is 15.0. The summed E-state index contributed by atoms with van der Waals surface area (Å²) < 4.78 is 38.7. The molecule has 1 aromatic heterocycles. The Hall–Kier alpha value is -2.17. The van der Waals surface area contributed by atoms with Crippen LogP contribution < -0.4 is 15.2 Å². The number of pyridine rings is 1. The molecule has 0 radical (unpaired) electrons. The first-order chi connectivity index (χ1) is 12.9. The van der Waals surface area contributed by atoms with Crippen molar-refractivity contribution < 1.29 is 22.7 Å². The molecular weight excluding hydrogens is 438 g/mol. The van der Waals surface area contributed by atoms with E-state index >= 15 is 0 Å². The highest BCUT2D eigenvalue weighted by atomic mass is 79.9. The number of carbonyl (C=O) groups excluding carboxylic acids is 1. The molecule has 1 atom stereocenters. The molecule has 0 aliphatic carbocycles. The number of amides is 1. The molecule has 10 heteroatoms. The number of sulfonamides is 1. The molecule has 1 aromatic carbocycles. The Morgan fingerprint density at radius 3 is 2.70 bits per heavy atom. The zero-order valence-corrected chi connectivity index (χ0v) is 16.6. The summed E-state index contributed by atoms with van der Waals surface area (Å²) >= 11 is 3.36. The average Bonchev–Trinajstić information content (AvgIpc) is 3.12. The summed E-state index contributed by atoms with van der Waals surface area (Å²) in [5.41, 5.74) is 5.01. The lowest BCUT2D eigenvalue weighted by atomic mass is 10.3. The Labute approximate surface area is 165 Å². The van der Waals surface area contributed by atoms with Crippen LogP contribution in [0, 0.1) is 0 Å². The minimum absolute atomic E-state index is 0.147. The third-order valence-corrected chi connectivity index (χ3v) is 6.44. The van der Waals surface area contributed by atoms with Crippen molar-refractivity contribution in [3.05, 3.63) is 47.1 Å². The van der Waals surface area contributed by atoms with Gasteiger partial charge in [-0.1, -0.05) is 0 Å². The van der Waals surface area contributed by atoms with E-state index < -0.39 is 15.9 Å².